The number of rotatable bonds is 7. The highest BCUT2D eigenvalue weighted by Crippen LogP contribution is 2.19. The second-order valence-corrected chi connectivity index (χ2v) is 11.5. The van der Waals surface area contributed by atoms with E-state index in [0.29, 0.717) is 10.5 Å². The Balaban J connectivity index is 3.37. The van der Waals surface area contributed by atoms with E-state index in [9.17, 15) is 24.0 Å². The Kier molecular flexibility index (Phi) is 11.9. The van der Waals surface area contributed by atoms with Crippen LogP contribution in [0, 0.1) is 0 Å². The summed E-state index contributed by atoms with van der Waals surface area (Å²) < 4.78 is 25.8. The van der Waals surface area contributed by atoms with Crippen LogP contribution < -0.4 is 0 Å². The smallest absolute Gasteiger partial charge is 0.444 e. The number of amides is 4. The van der Waals surface area contributed by atoms with Gasteiger partial charge in [-0.2, -0.15) is 4.90 Å². The maximum atomic E-state index is 13.1. The van der Waals surface area contributed by atoms with Gasteiger partial charge in [0.25, 0.3) is 0 Å². The van der Waals surface area contributed by atoms with Gasteiger partial charge in [0.1, 0.15) is 30.0 Å². The van der Waals surface area contributed by atoms with Crippen LogP contribution in [0.15, 0.2) is 30.3 Å². The molecule has 1 aromatic carbocycles. The number of imide groups is 2. The molecule has 0 saturated carbocycles. The first-order chi connectivity index (χ1) is 18.2. The monoisotopic (exact) mass is 568 g/mol. The number of ether oxygens (including phenoxy) is 5. The van der Waals surface area contributed by atoms with E-state index >= 15 is 0 Å². The molecule has 1 aromatic rings. The van der Waals surface area contributed by atoms with Crippen LogP contribution in [0.1, 0.15) is 67.9 Å². The van der Waals surface area contributed by atoms with Crippen molar-refractivity contribution in [3.63, 3.8) is 0 Å². The summed E-state index contributed by atoms with van der Waals surface area (Å²) in [5.74, 6) is -1.13. The molecule has 0 N–H and O–H groups in total. The summed E-state index contributed by atoms with van der Waals surface area (Å²) in [6.45, 7) is 12.8. The molecule has 13 nitrogen and oxygen atoms in total. The maximum absolute atomic E-state index is 13.1. The normalized spacial score (nSPS) is 12.4. The molecule has 0 aliphatic heterocycles. The third-order valence-electron chi connectivity index (χ3n) is 4.26. The number of carbonyl (C=O) groups is 5. The Bertz CT molecular complexity index is 1010. The Morgan fingerprint density at radius 1 is 0.700 bits per heavy atom. The highest BCUT2D eigenvalue weighted by molar-refractivity contribution is 5.94. The van der Waals surface area contributed by atoms with Gasteiger partial charge in [0.05, 0.1) is 7.11 Å². The molecule has 1 rings (SSSR count). The van der Waals surface area contributed by atoms with E-state index in [2.05, 4.69) is 0 Å². The van der Waals surface area contributed by atoms with E-state index in [0.717, 1.165) is 7.11 Å². The molecule has 0 bridgehead atoms. The SMILES string of the molecule is COC(=O)[C@H](CON(C(=O)OC(C)(C)C)C(=O)OC(C)(C)C)N(C(=O)OCc1ccccc1)C(=O)OC(C)(C)C. The van der Waals surface area contributed by atoms with Gasteiger partial charge in [-0.25, -0.2) is 24.0 Å². The van der Waals surface area contributed by atoms with Crippen molar-refractivity contribution in [2.75, 3.05) is 13.7 Å². The quantitative estimate of drug-likeness (QED) is 0.243. The molecular weight excluding hydrogens is 528 g/mol. The van der Waals surface area contributed by atoms with Gasteiger partial charge in [-0.15, -0.1) is 0 Å². The van der Waals surface area contributed by atoms with Crippen LogP contribution in [0.3, 0.4) is 0 Å². The summed E-state index contributed by atoms with van der Waals surface area (Å²) in [6.07, 6.45) is -5.05. The second-order valence-electron chi connectivity index (χ2n) is 11.5. The molecule has 224 valence electrons. The number of esters is 1. The van der Waals surface area contributed by atoms with Crippen molar-refractivity contribution in [3.05, 3.63) is 35.9 Å². The molecular formula is C27H40N2O11. The molecule has 0 aliphatic carbocycles. The van der Waals surface area contributed by atoms with Gasteiger partial charge in [-0.1, -0.05) is 35.4 Å². The van der Waals surface area contributed by atoms with E-state index in [1.54, 1.807) is 92.6 Å². The first kappa shape index (κ1) is 34.2. The molecule has 13 heteroatoms. The minimum atomic E-state index is -1.85. The number of methoxy groups -OCH3 is 1. The van der Waals surface area contributed by atoms with Crippen molar-refractivity contribution in [2.24, 2.45) is 0 Å². The van der Waals surface area contributed by atoms with E-state index < -0.39 is 59.8 Å². The molecule has 0 aromatic heterocycles. The van der Waals surface area contributed by atoms with E-state index in [1.807, 2.05) is 0 Å². The Morgan fingerprint density at radius 3 is 1.57 bits per heavy atom. The largest absolute Gasteiger partial charge is 0.467 e. The molecule has 0 aliphatic rings. The molecule has 0 heterocycles. The van der Waals surface area contributed by atoms with Crippen molar-refractivity contribution in [2.45, 2.75) is 91.8 Å². The lowest BCUT2D eigenvalue weighted by Crippen LogP contribution is -2.54. The average Bonchev–Trinajstić information content (AvgIpc) is 2.78. The third-order valence-corrected chi connectivity index (χ3v) is 4.26. The van der Waals surface area contributed by atoms with Crippen molar-refractivity contribution < 1.29 is 52.5 Å². The van der Waals surface area contributed by atoms with Crippen LogP contribution in [0.25, 0.3) is 0 Å². The first-order valence-corrected chi connectivity index (χ1v) is 12.4. The molecule has 0 unspecified atom stereocenters. The van der Waals surface area contributed by atoms with Gasteiger partial charge in [0.2, 0.25) is 0 Å². The lowest BCUT2D eigenvalue weighted by Gasteiger charge is -2.31. The molecule has 1 atom stereocenters. The van der Waals surface area contributed by atoms with E-state index in [-0.39, 0.29) is 11.7 Å². The lowest BCUT2D eigenvalue weighted by molar-refractivity contribution is -0.166. The first-order valence-electron chi connectivity index (χ1n) is 12.4. The Labute approximate surface area is 234 Å². The van der Waals surface area contributed by atoms with Gasteiger partial charge < -0.3 is 23.7 Å². The van der Waals surface area contributed by atoms with Crippen LogP contribution in [-0.2, 0) is 39.9 Å². The molecule has 40 heavy (non-hydrogen) atoms. The zero-order chi connectivity index (χ0) is 30.9. The highest BCUT2D eigenvalue weighted by Gasteiger charge is 2.42. The van der Waals surface area contributed by atoms with Crippen molar-refractivity contribution in [3.8, 4) is 0 Å². The highest BCUT2D eigenvalue weighted by atomic mass is 16.8. The van der Waals surface area contributed by atoms with Gasteiger partial charge in [-0.3, -0.25) is 4.84 Å². The van der Waals surface area contributed by atoms with Crippen LogP contribution in [0.5, 0.6) is 0 Å². The minimum Gasteiger partial charge on any atom is -0.467 e. The van der Waals surface area contributed by atoms with Crippen molar-refractivity contribution >= 4 is 30.3 Å². The van der Waals surface area contributed by atoms with E-state index in [4.69, 9.17) is 28.5 Å². The summed E-state index contributed by atoms with van der Waals surface area (Å²) in [6, 6.07) is 6.74. The fraction of sp³-hybridized carbons (Fsp3) is 0.593. The predicted octanol–water partition coefficient (Wildman–Crippen LogP) is 5.21. The topological polar surface area (TPSA) is 147 Å². The molecule has 0 radical (unpaired) electrons. The van der Waals surface area contributed by atoms with E-state index in [1.165, 1.54) is 0 Å². The minimum absolute atomic E-state index is 0.148. The number of nitrogens with zero attached hydrogens (tertiary/aromatic N) is 2. The Hall–Kier alpha value is -3.87. The van der Waals surface area contributed by atoms with Crippen LogP contribution in [0.4, 0.5) is 19.2 Å². The standard InChI is InChI=1S/C27H40N2O11/c1-25(2,3)38-22(32)28(21(31)36-16-18-14-12-11-13-15-18)19(20(30)35-10)17-37-29(23(33)39-26(4,5)6)24(34)40-27(7,8)9/h11-15,19H,16-17H2,1-10H3/t19-/m0/s1. The van der Waals surface area contributed by atoms with Gasteiger partial charge >= 0.3 is 30.3 Å². The van der Waals surface area contributed by atoms with Gasteiger partial charge in [0, 0.05) is 0 Å². The summed E-state index contributed by atoms with van der Waals surface area (Å²) >= 11 is 0. The number of carbonyl (C=O) groups excluding carboxylic acids is 5. The fourth-order valence-corrected chi connectivity index (χ4v) is 2.74. The van der Waals surface area contributed by atoms with Crippen LogP contribution >= 0.6 is 0 Å². The Morgan fingerprint density at radius 2 is 1.15 bits per heavy atom. The van der Waals surface area contributed by atoms with Crippen LogP contribution in [-0.4, -0.2) is 76.9 Å². The molecule has 4 amide bonds. The zero-order valence-corrected chi connectivity index (χ0v) is 24.8. The predicted molar refractivity (Wildman–Crippen MR) is 141 cm³/mol. The zero-order valence-electron chi connectivity index (χ0n) is 24.8. The molecule has 0 spiro atoms. The van der Waals surface area contributed by atoms with Gasteiger partial charge in [0.15, 0.2) is 6.04 Å². The summed E-state index contributed by atoms with van der Waals surface area (Å²) in [7, 11) is 1.01. The van der Waals surface area contributed by atoms with Gasteiger partial charge in [-0.05, 0) is 67.9 Å². The number of hydrogen-bond acceptors (Lipinski definition) is 11. The summed E-state index contributed by atoms with van der Waals surface area (Å²) in [5, 5.41) is 0.148. The lowest BCUT2D eigenvalue weighted by atomic mass is 10.2. The maximum Gasteiger partial charge on any atom is 0.444 e. The number of hydrogen-bond donors (Lipinski definition) is 0. The number of hydroxylamine groups is 2. The number of benzene rings is 1. The van der Waals surface area contributed by atoms with Crippen molar-refractivity contribution in [1.82, 2.24) is 9.96 Å². The summed E-state index contributed by atoms with van der Waals surface area (Å²) in [4.78, 5) is 70.3. The second kappa shape index (κ2) is 14.0. The molecule has 0 saturated heterocycles. The third kappa shape index (κ3) is 12.3. The van der Waals surface area contributed by atoms with Crippen molar-refractivity contribution in [1.29, 1.82) is 0 Å². The summed E-state index contributed by atoms with van der Waals surface area (Å²) in [5.41, 5.74) is -2.54. The van der Waals surface area contributed by atoms with Crippen LogP contribution in [0.2, 0.25) is 0 Å². The fourth-order valence-electron chi connectivity index (χ4n) is 2.74. The molecule has 0 fully saturated rings. The average molecular weight is 569 g/mol.